The van der Waals surface area contributed by atoms with Gasteiger partial charge in [-0.05, 0) is 64.2 Å². The zero-order valence-electron chi connectivity index (χ0n) is 14.4. The Bertz CT molecular complexity index is 408. The van der Waals surface area contributed by atoms with E-state index in [1.165, 1.54) is 25.7 Å². The molecule has 2 aliphatic rings. The summed E-state index contributed by atoms with van der Waals surface area (Å²) in [5.41, 5.74) is -0.563. The fraction of sp³-hybridized carbons (Fsp3) is 0.882. The predicted molar refractivity (Wildman–Crippen MR) is 85.4 cm³/mol. The summed E-state index contributed by atoms with van der Waals surface area (Å²) >= 11 is 0. The van der Waals surface area contributed by atoms with E-state index in [0.717, 1.165) is 0 Å². The molecule has 2 aliphatic carbocycles. The molecular weight excluding hydrogens is 280 g/mol. The largest absolute Gasteiger partial charge is 0.444 e. The SMILES string of the molecule is CC(C)C(NC(=O)OC(C)(C)C)C(=O)NC(C1CC1)C1CC1. The van der Waals surface area contributed by atoms with Crippen molar-refractivity contribution in [2.75, 3.05) is 0 Å². The number of hydrogen-bond donors (Lipinski definition) is 2. The van der Waals surface area contributed by atoms with Crippen LogP contribution >= 0.6 is 0 Å². The molecule has 2 saturated carbocycles. The minimum absolute atomic E-state index is 0.0200. The van der Waals surface area contributed by atoms with Crippen molar-refractivity contribution in [3.8, 4) is 0 Å². The van der Waals surface area contributed by atoms with Crippen molar-refractivity contribution in [3.05, 3.63) is 0 Å². The molecule has 2 amide bonds. The topological polar surface area (TPSA) is 67.4 Å². The molecule has 22 heavy (non-hydrogen) atoms. The first-order valence-corrected chi connectivity index (χ1v) is 8.47. The van der Waals surface area contributed by atoms with Crippen LogP contribution in [-0.2, 0) is 9.53 Å². The lowest BCUT2D eigenvalue weighted by Gasteiger charge is -2.27. The van der Waals surface area contributed by atoms with Crippen LogP contribution in [0.2, 0.25) is 0 Å². The molecule has 5 nitrogen and oxygen atoms in total. The highest BCUT2D eigenvalue weighted by Gasteiger charge is 2.43. The molecule has 126 valence electrons. The fourth-order valence-corrected chi connectivity index (χ4v) is 2.75. The van der Waals surface area contributed by atoms with Crippen LogP contribution in [0.5, 0.6) is 0 Å². The van der Waals surface area contributed by atoms with Gasteiger partial charge >= 0.3 is 6.09 Å². The summed E-state index contributed by atoms with van der Waals surface area (Å²) < 4.78 is 5.26. The molecule has 5 heteroatoms. The molecule has 0 radical (unpaired) electrons. The number of hydrogen-bond acceptors (Lipinski definition) is 3. The van der Waals surface area contributed by atoms with Crippen molar-refractivity contribution in [1.82, 2.24) is 10.6 Å². The number of carbonyl (C=O) groups is 2. The van der Waals surface area contributed by atoms with E-state index in [1.807, 2.05) is 34.6 Å². The first kappa shape index (κ1) is 17.1. The average Bonchev–Trinajstić information content (AvgIpc) is 3.24. The minimum atomic E-state index is -0.563. The Morgan fingerprint density at radius 2 is 1.50 bits per heavy atom. The monoisotopic (exact) mass is 310 g/mol. The van der Waals surface area contributed by atoms with E-state index in [2.05, 4.69) is 10.6 Å². The number of ether oxygens (including phenoxy) is 1. The highest BCUT2D eigenvalue weighted by atomic mass is 16.6. The summed E-state index contributed by atoms with van der Waals surface area (Å²) in [6.45, 7) is 9.31. The molecule has 0 aromatic rings. The molecule has 0 aromatic heterocycles. The molecule has 2 fully saturated rings. The van der Waals surface area contributed by atoms with Crippen LogP contribution < -0.4 is 10.6 Å². The van der Waals surface area contributed by atoms with Crippen molar-refractivity contribution >= 4 is 12.0 Å². The Morgan fingerprint density at radius 1 is 1.00 bits per heavy atom. The molecule has 2 N–H and O–H groups in total. The van der Waals surface area contributed by atoms with Gasteiger partial charge in [-0.3, -0.25) is 4.79 Å². The highest BCUT2D eigenvalue weighted by molar-refractivity contribution is 5.86. The number of nitrogens with one attached hydrogen (secondary N) is 2. The van der Waals surface area contributed by atoms with Crippen LogP contribution in [0.15, 0.2) is 0 Å². The minimum Gasteiger partial charge on any atom is -0.444 e. The summed E-state index contributed by atoms with van der Waals surface area (Å²) in [6, 6.07) is -0.246. The lowest BCUT2D eigenvalue weighted by molar-refractivity contribution is -0.125. The number of alkyl carbamates (subject to hydrolysis) is 1. The molecule has 0 spiro atoms. The number of amides is 2. The van der Waals surface area contributed by atoms with Gasteiger partial charge in [0.1, 0.15) is 11.6 Å². The standard InChI is InChI=1S/C17H30N2O3/c1-10(2)13(19-16(21)22-17(3,4)5)15(20)18-14(11-6-7-11)12-8-9-12/h10-14H,6-9H2,1-5H3,(H,18,20)(H,19,21). The Hall–Kier alpha value is -1.26. The van der Waals surface area contributed by atoms with Crippen LogP contribution in [-0.4, -0.2) is 29.7 Å². The summed E-state index contributed by atoms with van der Waals surface area (Å²) in [5.74, 6) is 1.23. The van der Waals surface area contributed by atoms with Gasteiger partial charge in [0.25, 0.3) is 0 Å². The second kappa shape index (κ2) is 6.47. The second-order valence-electron chi connectivity index (χ2n) is 8.08. The summed E-state index contributed by atoms with van der Waals surface area (Å²) in [6.07, 6.45) is 4.33. The van der Waals surface area contributed by atoms with Crippen molar-refractivity contribution in [2.45, 2.75) is 78.0 Å². The molecule has 0 bridgehead atoms. The van der Waals surface area contributed by atoms with Gasteiger partial charge in [-0.2, -0.15) is 0 Å². The molecule has 1 unspecified atom stereocenters. The van der Waals surface area contributed by atoms with Gasteiger partial charge in [-0.25, -0.2) is 4.79 Å². The van der Waals surface area contributed by atoms with E-state index in [1.54, 1.807) is 0 Å². The van der Waals surface area contributed by atoms with Crippen molar-refractivity contribution < 1.29 is 14.3 Å². The van der Waals surface area contributed by atoms with Crippen molar-refractivity contribution in [2.24, 2.45) is 17.8 Å². The van der Waals surface area contributed by atoms with Gasteiger partial charge in [0.2, 0.25) is 5.91 Å². The maximum absolute atomic E-state index is 12.6. The third kappa shape index (κ3) is 5.18. The zero-order chi connectivity index (χ0) is 16.5. The summed E-state index contributed by atoms with van der Waals surface area (Å²) in [4.78, 5) is 24.5. The van der Waals surface area contributed by atoms with Crippen molar-refractivity contribution in [1.29, 1.82) is 0 Å². The third-order valence-electron chi connectivity index (χ3n) is 4.19. The summed E-state index contributed by atoms with van der Waals surface area (Å²) in [5, 5.41) is 5.90. The normalized spacial score (nSPS) is 20.0. The molecule has 0 saturated heterocycles. The first-order chi connectivity index (χ1) is 10.2. The van der Waals surface area contributed by atoms with Gasteiger partial charge in [-0.1, -0.05) is 13.8 Å². The number of rotatable bonds is 6. The van der Waals surface area contributed by atoms with Gasteiger partial charge in [0.05, 0.1) is 0 Å². The van der Waals surface area contributed by atoms with E-state index in [0.29, 0.717) is 17.9 Å². The fourth-order valence-electron chi connectivity index (χ4n) is 2.75. The lowest BCUT2D eigenvalue weighted by Crippen LogP contribution is -2.53. The quantitative estimate of drug-likeness (QED) is 0.792. The maximum Gasteiger partial charge on any atom is 0.408 e. The third-order valence-corrected chi connectivity index (χ3v) is 4.19. The van der Waals surface area contributed by atoms with E-state index in [4.69, 9.17) is 4.74 Å². The summed E-state index contributed by atoms with van der Waals surface area (Å²) in [7, 11) is 0. The Morgan fingerprint density at radius 3 is 1.86 bits per heavy atom. The first-order valence-electron chi connectivity index (χ1n) is 8.47. The van der Waals surface area contributed by atoms with Crippen LogP contribution in [0.25, 0.3) is 0 Å². The average molecular weight is 310 g/mol. The van der Waals surface area contributed by atoms with Crippen LogP contribution in [0.3, 0.4) is 0 Å². The van der Waals surface area contributed by atoms with Gasteiger partial charge < -0.3 is 15.4 Å². The maximum atomic E-state index is 12.6. The second-order valence-corrected chi connectivity index (χ2v) is 8.08. The molecule has 2 rings (SSSR count). The van der Waals surface area contributed by atoms with Gasteiger partial charge in [0.15, 0.2) is 0 Å². The Labute approximate surface area is 133 Å². The van der Waals surface area contributed by atoms with E-state index in [-0.39, 0.29) is 11.8 Å². The molecule has 1 atom stereocenters. The lowest BCUT2D eigenvalue weighted by atomic mass is 10.0. The zero-order valence-corrected chi connectivity index (χ0v) is 14.4. The molecular formula is C17H30N2O3. The molecule has 0 aromatic carbocycles. The molecule has 0 aliphatic heterocycles. The Balaban J connectivity index is 1.91. The van der Waals surface area contributed by atoms with Crippen molar-refractivity contribution in [3.63, 3.8) is 0 Å². The van der Waals surface area contributed by atoms with Gasteiger partial charge in [-0.15, -0.1) is 0 Å². The number of carbonyl (C=O) groups excluding carboxylic acids is 2. The van der Waals surface area contributed by atoms with Crippen LogP contribution in [0.4, 0.5) is 4.79 Å². The Kier molecular flexibility index (Phi) is 5.03. The molecule has 0 heterocycles. The highest BCUT2D eigenvalue weighted by Crippen LogP contribution is 2.44. The van der Waals surface area contributed by atoms with Gasteiger partial charge in [0, 0.05) is 6.04 Å². The smallest absolute Gasteiger partial charge is 0.408 e. The van der Waals surface area contributed by atoms with E-state index < -0.39 is 17.7 Å². The van der Waals surface area contributed by atoms with Crippen LogP contribution in [0.1, 0.15) is 60.3 Å². The van der Waals surface area contributed by atoms with Crippen LogP contribution in [0, 0.1) is 17.8 Å². The van der Waals surface area contributed by atoms with E-state index in [9.17, 15) is 9.59 Å². The van der Waals surface area contributed by atoms with E-state index >= 15 is 0 Å². The predicted octanol–water partition coefficient (Wildman–Crippen LogP) is 2.84.